The molecule has 394 valence electrons. The van der Waals surface area contributed by atoms with E-state index in [0.29, 0.717) is 65.7 Å². The van der Waals surface area contributed by atoms with Gasteiger partial charge >= 0.3 is 36.0 Å². The molecule has 0 amide bonds. The lowest BCUT2D eigenvalue weighted by molar-refractivity contribution is -0.281. The number of benzene rings is 8. The predicted octanol–water partition coefficient (Wildman–Crippen LogP) is 14.7. The average molecular weight is 1060 g/mol. The van der Waals surface area contributed by atoms with Crippen LogP contribution in [-0.2, 0) is 55.4 Å². The summed E-state index contributed by atoms with van der Waals surface area (Å²) >= 11 is 0. The highest BCUT2D eigenvalue weighted by atomic mass is 19.4. The van der Waals surface area contributed by atoms with E-state index in [1.165, 1.54) is 39.8 Å². The van der Waals surface area contributed by atoms with E-state index in [2.05, 4.69) is 26.3 Å². The van der Waals surface area contributed by atoms with Crippen molar-refractivity contribution in [1.82, 2.24) is 0 Å². The summed E-state index contributed by atoms with van der Waals surface area (Å²) in [5, 5.41) is 3.61. The molecule has 0 spiro atoms. The summed E-state index contributed by atoms with van der Waals surface area (Å²) < 4.78 is 94.2. The number of fused-ring (bicyclic) bond motifs is 6. The first-order valence-electron chi connectivity index (χ1n) is 25.0. The van der Waals surface area contributed by atoms with Crippen molar-refractivity contribution in [3.05, 3.63) is 204 Å². The number of halogens is 5. The Bertz CT molecular complexity index is 3630. The molecule has 0 N–H and O–H groups in total. The summed E-state index contributed by atoms with van der Waals surface area (Å²) in [6.07, 6.45) is -7.33. The van der Waals surface area contributed by atoms with Crippen molar-refractivity contribution in [1.29, 1.82) is 0 Å². The molecule has 0 unspecified atom stereocenters. The number of carbonyl (C=O) groups is 4. The maximum atomic E-state index is 14.7. The van der Waals surface area contributed by atoms with Crippen LogP contribution in [0.15, 0.2) is 176 Å². The van der Waals surface area contributed by atoms with E-state index in [4.69, 9.17) is 18.9 Å². The van der Waals surface area contributed by atoms with E-state index >= 15 is 0 Å². The Morgan fingerprint density at radius 2 is 0.782 bits per heavy atom. The largest absolute Gasteiger partial charge is 0.461 e. The molecule has 0 aliphatic heterocycles. The van der Waals surface area contributed by atoms with Gasteiger partial charge in [-0.15, -0.1) is 0 Å². The molecule has 8 nitrogen and oxygen atoms in total. The van der Waals surface area contributed by atoms with Crippen LogP contribution in [0.5, 0.6) is 0 Å². The summed E-state index contributed by atoms with van der Waals surface area (Å²) in [7, 11) is 0. The quantitative estimate of drug-likeness (QED) is 0.0310. The van der Waals surface area contributed by atoms with Crippen LogP contribution in [0, 0.1) is 0 Å². The molecule has 10 rings (SSSR count). The van der Waals surface area contributed by atoms with E-state index in [1.807, 2.05) is 103 Å². The van der Waals surface area contributed by atoms with Gasteiger partial charge in [0.25, 0.3) is 0 Å². The number of hydrogen-bond donors (Lipinski definition) is 0. The van der Waals surface area contributed by atoms with Gasteiger partial charge in [0, 0.05) is 28.7 Å². The van der Waals surface area contributed by atoms with Gasteiger partial charge in [-0.1, -0.05) is 136 Å². The molecule has 0 radical (unpaired) electrons. The number of rotatable bonds is 16. The minimum absolute atomic E-state index is 0.167. The lowest BCUT2D eigenvalue weighted by Crippen LogP contribution is -2.38. The Morgan fingerprint density at radius 1 is 0.423 bits per heavy atom. The highest BCUT2D eigenvalue weighted by Gasteiger charge is 2.57. The van der Waals surface area contributed by atoms with Crippen LogP contribution < -0.4 is 0 Å². The molecule has 8 aromatic carbocycles. The molecule has 2 aliphatic carbocycles. The summed E-state index contributed by atoms with van der Waals surface area (Å²) in [6.45, 7) is 20.3. The summed E-state index contributed by atoms with van der Waals surface area (Å²) in [4.78, 5) is 52.8. The second-order valence-corrected chi connectivity index (χ2v) is 20.6. The minimum atomic E-state index is -5.77. The van der Waals surface area contributed by atoms with E-state index < -0.39 is 53.2 Å². The van der Waals surface area contributed by atoms with Crippen molar-refractivity contribution in [2.75, 3.05) is 26.4 Å². The monoisotopic (exact) mass is 1050 g/mol. The van der Waals surface area contributed by atoms with Gasteiger partial charge in [0.15, 0.2) is 0 Å². The first-order chi connectivity index (χ1) is 37.0. The standard InChI is InChI=1S/C65H51F5O8/c1-35(2)58(71)75-31-62(32-76-59(72)36(3)4)52-15-11-9-13-44(52)46-21-17-40(27-54(46)62)50-29-51(49-24-20-43-26-39(30-64(66,67)65(68,69)70)25-42-19-23-48(50)57(49)56(42)43)41-18-22-47-45-14-10-12-16-53(45)63(55(47)28-41,33-77-60(73)37(5)6)34-78-61(74)38(7)8/h9-29H,1,3,5,7,30-34H2,2,4,6,8H3. The van der Waals surface area contributed by atoms with Gasteiger partial charge < -0.3 is 18.9 Å². The third-order valence-corrected chi connectivity index (χ3v) is 15.0. The first-order valence-corrected chi connectivity index (χ1v) is 25.0. The molecule has 0 atom stereocenters. The van der Waals surface area contributed by atoms with Crippen LogP contribution in [0.2, 0.25) is 0 Å². The predicted molar refractivity (Wildman–Crippen MR) is 291 cm³/mol. The fourth-order valence-electron chi connectivity index (χ4n) is 11.1. The van der Waals surface area contributed by atoms with Crippen LogP contribution in [0.4, 0.5) is 22.0 Å². The third-order valence-electron chi connectivity index (χ3n) is 15.0. The maximum absolute atomic E-state index is 14.7. The molecule has 0 saturated carbocycles. The molecular formula is C65H51F5O8. The van der Waals surface area contributed by atoms with Crippen molar-refractivity contribution >= 4 is 56.2 Å². The Hall–Kier alpha value is -8.71. The van der Waals surface area contributed by atoms with Gasteiger partial charge in [-0.05, 0) is 151 Å². The molecular weight excluding hydrogens is 1000 g/mol. The summed E-state index contributed by atoms with van der Waals surface area (Å²) in [5.41, 5.74) is 6.80. The third kappa shape index (κ3) is 8.80. The minimum Gasteiger partial charge on any atom is -0.461 e. The van der Waals surface area contributed by atoms with Gasteiger partial charge in [-0.2, -0.15) is 22.0 Å². The molecule has 0 aromatic heterocycles. The maximum Gasteiger partial charge on any atom is 0.453 e. The number of carbonyl (C=O) groups excluding carboxylic acids is 4. The number of hydrogen-bond acceptors (Lipinski definition) is 8. The zero-order valence-electron chi connectivity index (χ0n) is 43.1. The van der Waals surface area contributed by atoms with Crippen LogP contribution in [0.25, 0.3) is 76.8 Å². The van der Waals surface area contributed by atoms with Crippen molar-refractivity contribution in [3.8, 4) is 44.5 Å². The first kappa shape index (κ1) is 52.7. The van der Waals surface area contributed by atoms with Crippen molar-refractivity contribution < 1.29 is 60.1 Å². The van der Waals surface area contributed by atoms with Crippen LogP contribution in [0.3, 0.4) is 0 Å². The van der Waals surface area contributed by atoms with E-state index in [1.54, 1.807) is 12.1 Å². The molecule has 0 heterocycles. The smallest absolute Gasteiger partial charge is 0.453 e. The molecule has 0 bridgehead atoms. The van der Waals surface area contributed by atoms with Crippen molar-refractivity contribution in [3.63, 3.8) is 0 Å². The molecule has 8 aromatic rings. The van der Waals surface area contributed by atoms with Crippen LogP contribution >= 0.6 is 0 Å². The lowest BCUT2D eigenvalue weighted by atomic mass is 9.77. The van der Waals surface area contributed by atoms with Crippen LogP contribution in [-0.4, -0.2) is 62.4 Å². The Labute approximate surface area is 446 Å². The Balaban J connectivity index is 1.24. The molecule has 0 saturated heterocycles. The summed E-state index contributed by atoms with van der Waals surface area (Å²) in [5.74, 6) is -7.57. The zero-order valence-corrected chi connectivity index (χ0v) is 43.1. The SMILES string of the molecule is C=C(C)C(=O)OCC1(COC(=O)C(=C)C)c2ccccc2-c2ccc(-c3cc(-c4ccc5c(c4)C(COC(=O)C(=C)C)(COC(=O)C(=C)C)c4ccccc4-5)c4ccc5cc(CC(F)(F)C(F)(F)F)cc6ccc3c4c65)cc21. The molecule has 13 heteroatoms. The number of ether oxygens (including phenoxy) is 4. The number of esters is 4. The highest BCUT2D eigenvalue weighted by molar-refractivity contribution is 6.28. The molecule has 0 fully saturated rings. The number of alkyl halides is 5. The van der Waals surface area contributed by atoms with E-state index in [9.17, 15) is 41.1 Å². The van der Waals surface area contributed by atoms with Gasteiger partial charge in [0.1, 0.15) is 26.4 Å². The summed E-state index contributed by atoms with van der Waals surface area (Å²) in [6, 6.07) is 38.7. The second kappa shape index (κ2) is 19.4. The van der Waals surface area contributed by atoms with Gasteiger partial charge in [0.2, 0.25) is 0 Å². The lowest BCUT2D eigenvalue weighted by Gasteiger charge is -2.31. The fourth-order valence-corrected chi connectivity index (χ4v) is 11.1. The zero-order chi connectivity index (χ0) is 55.8. The molecule has 2 aliphatic rings. The van der Waals surface area contributed by atoms with Gasteiger partial charge in [-0.25, -0.2) is 19.2 Å². The average Bonchev–Trinajstić information content (AvgIpc) is 4.06. The second-order valence-electron chi connectivity index (χ2n) is 20.6. The Morgan fingerprint density at radius 3 is 1.14 bits per heavy atom. The van der Waals surface area contributed by atoms with Crippen molar-refractivity contribution in [2.45, 2.75) is 57.0 Å². The highest BCUT2D eigenvalue weighted by Crippen LogP contribution is 2.54. The normalized spacial score (nSPS) is 13.8. The molecule has 78 heavy (non-hydrogen) atoms. The van der Waals surface area contributed by atoms with Crippen molar-refractivity contribution in [2.24, 2.45) is 0 Å². The van der Waals surface area contributed by atoms with Gasteiger partial charge in [0.05, 0.1) is 10.8 Å². The topological polar surface area (TPSA) is 105 Å². The van der Waals surface area contributed by atoms with E-state index in [0.717, 1.165) is 33.4 Å². The fraction of sp³-hybridized carbons (Fsp3) is 0.200. The van der Waals surface area contributed by atoms with Crippen LogP contribution in [0.1, 0.15) is 55.5 Å². The van der Waals surface area contributed by atoms with E-state index in [-0.39, 0.29) is 54.3 Å². The van der Waals surface area contributed by atoms with Gasteiger partial charge in [-0.3, -0.25) is 0 Å². The Kier molecular flexibility index (Phi) is 13.1.